The lowest BCUT2D eigenvalue weighted by Crippen LogP contribution is -2.41. The normalized spacial score (nSPS) is 14.7. The molecule has 0 aliphatic carbocycles. The van der Waals surface area contributed by atoms with E-state index in [9.17, 15) is 9.59 Å². The lowest BCUT2D eigenvalue weighted by atomic mass is 10.1. The predicted molar refractivity (Wildman–Crippen MR) is 110 cm³/mol. The van der Waals surface area contributed by atoms with E-state index < -0.39 is 0 Å². The minimum absolute atomic E-state index is 0.0387. The molecule has 4 rings (SSSR count). The molecule has 1 fully saturated rings. The van der Waals surface area contributed by atoms with E-state index in [0.717, 1.165) is 41.1 Å². The molecule has 1 amide bonds. The molecule has 0 atom stereocenters. The number of hydrogen-bond acceptors (Lipinski definition) is 5. The Balaban J connectivity index is 1.42. The zero-order valence-electron chi connectivity index (χ0n) is 15.4. The van der Waals surface area contributed by atoms with Gasteiger partial charge in [0.05, 0.1) is 31.0 Å². The first-order valence-electron chi connectivity index (χ1n) is 9.26. The van der Waals surface area contributed by atoms with Crippen LogP contribution >= 0.6 is 0 Å². The standard InChI is InChI=1S/C21H22N4O3/c26-20-13-19(17-3-1-2-4-18(17)24-20)22-15-5-7-16(8-6-15)23-21(27)14-25-9-11-28-12-10-25/h1-8,13H,9-12,14H2,(H,23,27)(H2,22,24,26). The largest absolute Gasteiger partial charge is 0.379 e. The van der Waals surface area contributed by atoms with Gasteiger partial charge in [0.25, 0.3) is 0 Å². The molecule has 0 spiro atoms. The second kappa shape index (κ2) is 8.24. The molecule has 0 radical (unpaired) electrons. The van der Waals surface area contributed by atoms with Crippen LogP contribution in [-0.4, -0.2) is 48.6 Å². The smallest absolute Gasteiger partial charge is 0.250 e. The number of amides is 1. The van der Waals surface area contributed by atoms with Gasteiger partial charge in [0.2, 0.25) is 11.5 Å². The quantitative estimate of drug-likeness (QED) is 0.635. The van der Waals surface area contributed by atoms with Crippen molar-refractivity contribution in [2.24, 2.45) is 0 Å². The van der Waals surface area contributed by atoms with Gasteiger partial charge in [-0.25, -0.2) is 0 Å². The first kappa shape index (κ1) is 18.2. The maximum Gasteiger partial charge on any atom is 0.250 e. The summed E-state index contributed by atoms with van der Waals surface area (Å²) in [5.41, 5.74) is 2.93. The second-order valence-corrected chi connectivity index (χ2v) is 6.73. The number of anilines is 3. The van der Waals surface area contributed by atoms with Gasteiger partial charge in [0.1, 0.15) is 0 Å². The number of carbonyl (C=O) groups excluding carboxylic acids is 1. The summed E-state index contributed by atoms with van der Waals surface area (Å²) >= 11 is 0. The van der Waals surface area contributed by atoms with E-state index in [1.165, 1.54) is 0 Å². The molecule has 7 nitrogen and oxygen atoms in total. The lowest BCUT2D eigenvalue weighted by molar-refractivity contribution is -0.118. The molecule has 144 valence electrons. The van der Waals surface area contributed by atoms with Crippen LogP contribution in [0, 0.1) is 0 Å². The number of aromatic amines is 1. The fourth-order valence-electron chi connectivity index (χ4n) is 3.26. The summed E-state index contributed by atoms with van der Waals surface area (Å²) in [5, 5.41) is 7.13. The van der Waals surface area contributed by atoms with E-state index in [2.05, 4.69) is 20.5 Å². The van der Waals surface area contributed by atoms with Gasteiger partial charge < -0.3 is 20.4 Å². The fraction of sp³-hybridized carbons (Fsp3) is 0.238. The number of H-pyrrole nitrogens is 1. The second-order valence-electron chi connectivity index (χ2n) is 6.73. The minimum atomic E-state index is -0.159. The summed E-state index contributed by atoms with van der Waals surface area (Å²) in [6.45, 7) is 3.26. The van der Waals surface area contributed by atoms with Gasteiger partial charge in [0.15, 0.2) is 0 Å². The molecule has 1 saturated heterocycles. The monoisotopic (exact) mass is 378 g/mol. The molecule has 0 bridgehead atoms. The molecule has 1 aliphatic rings. The van der Waals surface area contributed by atoms with Crippen LogP contribution in [-0.2, 0) is 9.53 Å². The molecule has 1 aliphatic heterocycles. The van der Waals surface area contributed by atoms with Crippen LogP contribution in [0.4, 0.5) is 17.1 Å². The molecule has 1 aromatic heterocycles. The highest BCUT2D eigenvalue weighted by Gasteiger charge is 2.14. The average Bonchev–Trinajstić information content (AvgIpc) is 2.70. The Morgan fingerprint density at radius 2 is 1.75 bits per heavy atom. The van der Waals surface area contributed by atoms with Crippen LogP contribution in [0.3, 0.4) is 0 Å². The van der Waals surface area contributed by atoms with Crippen LogP contribution < -0.4 is 16.2 Å². The molecular weight excluding hydrogens is 356 g/mol. The van der Waals surface area contributed by atoms with Gasteiger partial charge in [-0.15, -0.1) is 0 Å². The molecule has 3 N–H and O–H groups in total. The maximum absolute atomic E-state index is 12.2. The van der Waals surface area contributed by atoms with Crippen molar-refractivity contribution < 1.29 is 9.53 Å². The highest BCUT2D eigenvalue weighted by molar-refractivity contribution is 5.94. The van der Waals surface area contributed by atoms with E-state index in [0.29, 0.717) is 19.8 Å². The fourth-order valence-corrected chi connectivity index (χ4v) is 3.26. The third-order valence-corrected chi connectivity index (χ3v) is 4.67. The number of para-hydroxylation sites is 1. The molecular formula is C21H22N4O3. The molecule has 2 aromatic carbocycles. The Morgan fingerprint density at radius 3 is 2.54 bits per heavy atom. The number of aromatic nitrogens is 1. The molecule has 28 heavy (non-hydrogen) atoms. The lowest BCUT2D eigenvalue weighted by Gasteiger charge is -2.25. The first-order chi connectivity index (χ1) is 13.7. The topological polar surface area (TPSA) is 86.5 Å². The molecule has 0 unspecified atom stereocenters. The van der Waals surface area contributed by atoms with E-state index in [4.69, 9.17) is 4.74 Å². The Morgan fingerprint density at radius 1 is 1.04 bits per heavy atom. The highest BCUT2D eigenvalue weighted by Crippen LogP contribution is 2.24. The number of pyridine rings is 1. The number of ether oxygens (including phenoxy) is 1. The summed E-state index contributed by atoms with van der Waals surface area (Å²) in [7, 11) is 0. The zero-order valence-corrected chi connectivity index (χ0v) is 15.4. The van der Waals surface area contributed by atoms with Gasteiger partial charge in [-0.2, -0.15) is 0 Å². The number of nitrogens with zero attached hydrogens (tertiary/aromatic N) is 1. The van der Waals surface area contributed by atoms with E-state index in [-0.39, 0.29) is 11.5 Å². The van der Waals surface area contributed by atoms with Crippen LogP contribution in [0.15, 0.2) is 59.4 Å². The Bertz CT molecular complexity index is 1020. The number of benzene rings is 2. The van der Waals surface area contributed by atoms with Crippen LogP contribution in [0.1, 0.15) is 0 Å². The van der Waals surface area contributed by atoms with Gasteiger partial charge in [-0.05, 0) is 30.3 Å². The minimum Gasteiger partial charge on any atom is -0.379 e. The van der Waals surface area contributed by atoms with Crippen molar-refractivity contribution in [3.63, 3.8) is 0 Å². The van der Waals surface area contributed by atoms with Gasteiger partial charge in [-0.1, -0.05) is 18.2 Å². The van der Waals surface area contributed by atoms with Crippen LogP contribution in [0.25, 0.3) is 10.9 Å². The van der Waals surface area contributed by atoms with Crippen LogP contribution in [0.5, 0.6) is 0 Å². The number of rotatable bonds is 5. The summed E-state index contributed by atoms with van der Waals surface area (Å²) in [5.74, 6) is -0.0387. The van der Waals surface area contributed by atoms with Gasteiger partial charge in [-0.3, -0.25) is 14.5 Å². The van der Waals surface area contributed by atoms with Crippen molar-refractivity contribution in [3.8, 4) is 0 Å². The number of morpholine rings is 1. The number of fused-ring (bicyclic) bond motifs is 1. The molecule has 2 heterocycles. The van der Waals surface area contributed by atoms with E-state index >= 15 is 0 Å². The number of nitrogens with one attached hydrogen (secondary N) is 3. The van der Waals surface area contributed by atoms with Crippen molar-refractivity contribution in [1.29, 1.82) is 0 Å². The maximum atomic E-state index is 12.2. The van der Waals surface area contributed by atoms with E-state index in [1.807, 2.05) is 48.5 Å². The molecule has 7 heteroatoms. The Kier molecular flexibility index (Phi) is 5.36. The summed E-state index contributed by atoms with van der Waals surface area (Å²) in [4.78, 5) is 29.0. The first-order valence-corrected chi connectivity index (χ1v) is 9.26. The van der Waals surface area contributed by atoms with Crippen LogP contribution in [0.2, 0.25) is 0 Å². The van der Waals surface area contributed by atoms with Gasteiger partial charge >= 0.3 is 0 Å². The SMILES string of the molecule is O=C(CN1CCOCC1)Nc1ccc(Nc2cc(=O)[nH]c3ccccc23)cc1. The third kappa shape index (κ3) is 4.39. The highest BCUT2D eigenvalue weighted by atomic mass is 16.5. The predicted octanol–water partition coefficient (Wildman–Crippen LogP) is 2.54. The summed E-state index contributed by atoms with van der Waals surface area (Å²) in [6, 6.07) is 16.6. The zero-order chi connectivity index (χ0) is 19.3. The molecule has 3 aromatic rings. The number of hydrogen-bond donors (Lipinski definition) is 3. The van der Waals surface area contributed by atoms with Crippen molar-refractivity contribution >= 4 is 33.9 Å². The molecule has 0 saturated carbocycles. The van der Waals surface area contributed by atoms with Crippen molar-refractivity contribution in [2.45, 2.75) is 0 Å². The average molecular weight is 378 g/mol. The third-order valence-electron chi connectivity index (χ3n) is 4.67. The Hall–Kier alpha value is -3.16. The summed E-state index contributed by atoms with van der Waals surface area (Å²) in [6.07, 6.45) is 0. The Labute approximate surface area is 162 Å². The number of carbonyl (C=O) groups is 1. The van der Waals surface area contributed by atoms with Crippen molar-refractivity contribution in [3.05, 3.63) is 65.0 Å². The van der Waals surface area contributed by atoms with Crippen molar-refractivity contribution in [2.75, 3.05) is 43.5 Å². The summed E-state index contributed by atoms with van der Waals surface area (Å²) < 4.78 is 5.29. The van der Waals surface area contributed by atoms with E-state index in [1.54, 1.807) is 6.07 Å². The van der Waals surface area contributed by atoms with Gasteiger partial charge in [0, 0.05) is 35.9 Å². The van der Waals surface area contributed by atoms with Crippen molar-refractivity contribution in [1.82, 2.24) is 9.88 Å².